The van der Waals surface area contributed by atoms with Gasteiger partial charge in [-0.05, 0) is 44.6 Å². The number of nitrogens with zero attached hydrogens (tertiary/aromatic N) is 1. The van der Waals surface area contributed by atoms with Gasteiger partial charge in [-0.2, -0.15) is 0 Å². The van der Waals surface area contributed by atoms with Crippen molar-refractivity contribution in [2.45, 2.75) is 31.2 Å². The van der Waals surface area contributed by atoms with E-state index in [0.717, 1.165) is 6.42 Å². The molecule has 0 spiro atoms. The maximum absolute atomic E-state index is 12.4. The molecule has 0 aromatic heterocycles. The third-order valence-corrected chi connectivity index (χ3v) is 4.79. The van der Waals surface area contributed by atoms with Crippen molar-refractivity contribution in [1.29, 1.82) is 0 Å². The number of nitrogen functional groups attached to an aromatic ring is 1. The Hall–Kier alpha value is -0.820. The normalized spacial score (nSPS) is 13.9. The number of nitrogens with one attached hydrogen (secondary N) is 1. The molecule has 7 heteroatoms. The van der Waals surface area contributed by atoms with Gasteiger partial charge in [0.2, 0.25) is 10.0 Å². The molecule has 0 saturated carbocycles. The van der Waals surface area contributed by atoms with E-state index in [1.165, 1.54) is 18.2 Å². The molecule has 0 bridgehead atoms. The van der Waals surface area contributed by atoms with Crippen LogP contribution in [0.1, 0.15) is 20.3 Å². The number of hydrogen-bond acceptors (Lipinski definition) is 4. The van der Waals surface area contributed by atoms with Crippen LogP contribution in [0.15, 0.2) is 23.1 Å². The van der Waals surface area contributed by atoms with Gasteiger partial charge in [0, 0.05) is 12.6 Å². The molecule has 1 rings (SSSR count). The van der Waals surface area contributed by atoms with Crippen LogP contribution in [0.5, 0.6) is 0 Å². The number of halogens is 1. The fraction of sp³-hybridized carbons (Fsp3) is 0.571. The smallest absolute Gasteiger partial charge is 0.240 e. The zero-order chi connectivity index (χ0) is 16.2. The first-order valence-electron chi connectivity index (χ1n) is 6.84. The molecule has 5 nitrogen and oxygen atoms in total. The molecule has 0 aliphatic heterocycles. The fourth-order valence-electron chi connectivity index (χ4n) is 2.13. The quantitative estimate of drug-likeness (QED) is 0.750. The van der Waals surface area contributed by atoms with Crippen LogP contribution < -0.4 is 10.5 Å². The number of likely N-dealkylation sites (N-methyl/N-ethyl adjacent to an activating group) is 1. The Morgan fingerprint density at radius 2 is 1.95 bits per heavy atom. The van der Waals surface area contributed by atoms with Gasteiger partial charge in [-0.15, -0.1) is 0 Å². The number of benzene rings is 1. The zero-order valence-corrected chi connectivity index (χ0v) is 14.5. The third kappa shape index (κ3) is 5.82. The van der Waals surface area contributed by atoms with Crippen LogP contribution in [-0.4, -0.2) is 40.0 Å². The van der Waals surface area contributed by atoms with Crippen molar-refractivity contribution in [2.24, 2.45) is 5.92 Å². The zero-order valence-electron chi connectivity index (χ0n) is 12.9. The molecule has 0 heterocycles. The molecular weight excluding hydrogens is 310 g/mol. The van der Waals surface area contributed by atoms with Crippen molar-refractivity contribution in [3.05, 3.63) is 23.2 Å². The first-order valence-corrected chi connectivity index (χ1v) is 8.70. The second kappa shape index (κ2) is 7.45. The Kier molecular flexibility index (Phi) is 6.46. The lowest BCUT2D eigenvalue weighted by atomic mass is 10.0. The van der Waals surface area contributed by atoms with Crippen LogP contribution >= 0.6 is 11.6 Å². The van der Waals surface area contributed by atoms with Gasteiger partial charge in [-0.25, -0.2) is 13.1 Å². The van der Waals surface area contributed by atoms with Crippen LogP contribution in [0, 0.1) is 5.92 Å². The van der Waals surface area contributed by atoms with Gasteiger partial charge in [-0.3, -0.25) is 0 Å². The Balaban J connectivity index is 2.96. The molecule has 0 aliphatic carbocycles. The molecule has 21 heavy (non-hydrogen) atoms. The van der Waals surface area contributed by atoms with E-state index >= 15 is 0 Å². The molecule has 0 saturated heterocycles. The maximum Gasteiger partial charge on any atom is 0.240 e. The van der Waals surface area contributed by atoms with Crippen molar-refractivity contribution in [3.8, 4) is 0 Å². The van der Waals surface area contributed by atoms with E-state index in [4.69, 9.17) is 17.3 Å². The van der Waals surface area contributed by atoms with Crippen LogP contribution in [0.2, 0.25) is 5.02 Å². The van der Waals surface area contributed by atoms with Gasteiger partial charge >= 0.3 is 0 Å². The Labute approximate surface area is 132 Å². The highest BCUT2D eigenvalue weighted by Gasteiger charge is 2.22. The molecule has 0 fully saturated rings. The highest BCUT2D eigenvalue weighted by Crippen LogP contribution is 2.22. The van der Waals surface area contributed by atoms with Gasteiger partial charge in [0.15, 0.2) is 0 Å². The molecule has 1 aromatic carbocycles. The van der Waals surface area contributed by atoms with E-state index in [2.05, 4.69) is 18.6 Å². The monoisotopic (exact) mass is 333 g/mol. The van der Waals surface area contributed by atoms with Crippen molar-refractivity contribution in [2.75, 3.05) is 26.4 Å². The molecule has 1 unspecified atom stereocenters. The average Bonchev–Trinajstić information content (AvgIpc) is 2.29. The van der Waals surface area contributed by atoms with E-state index < -0.39 is 10.0 Å². The summed E-state index contributed by atoms with van der Waals surface area (Å²) in [5, 5.41) is 0.242. The average molecular weight is 334 g/mol. The summed E-state index contributed by atoms with van der Waals surface area (Å²) in [6.45, 7) is 4.77. The number of sulfonamides is 1. The standard InChI is InChI=1S/C14H24ClN3O2S/c1-10(2)7-11(9-18(3)4)17-21(19,20)12-5-6-14(16)13(15)8-12/h5-6,8,10-11,17H,7,9,16H2,1-4H3. The summed E-state index contributed by atoms with van der Waals surface area (Å²) in [4.78, 5) is 2.10. The van der Waals surface area contributed by atoms with Crippen LogP contribution in [0.25, 0.3) is 0 Å². The predicted molar refractivity (Wildman–Crippen MR) is 88.0 cm³/mol. The minimum Gasteiger partial charge on any atom is -0.398 e. The summed E-state index contributed by atoms with van der Waals surface area (Å²) in [5.74, 6) is 0.396. The molecule has 0 radical (unpaired) electrons. The van der Waals surface area contributed by atoms with Crippen molar-refractivity contribution < 1.29 is 8.42 Å². The van der Waals surface area contributed by atoms with Gasteiger partial charge in [0.25, 0.3) is 0 Å². The predicted octanol–water partition coefficient (Wildman–Crippen LogP) is 2.18. The molecule has 1 aromatic rings. The number of rotatable bonds is 7. The van der Waals surface area contributed by atoms with E-state index in [1.54, 1.807) is 0 Å². The largest absolute Gasteiger partial charge is 0.398 e. The number of nitrogens with two attached hydrogens (primary N) is 1. The summed E-state index contributed by atoms with van der Waals surface area (Å²) in [7, 11) is 0.230. The lowest BCUT2D eigenvalue weighted by Crippen LogP contribution is -2.42. The molecule has 3 N–H and O–H groups in total. The Morgan fingerprint density at radius 1 is 1.33 bits per heavy atom. The van der Waals surface area contributed by atoms with Gasteiger partial charge in [0.1, 0.15) is 0 Å². The van der Waals surface area contributed by atoms with Gasteiger partial charge in [-0.1, -0.05) is 25.4 Å². The molecular formula is C14H24ClN3O2S. The number of hydrogen-bond donors (Lipinski definition) is 2. The van der Waals surface area contributed by atoms with Crippen molar-refractivity contribution >= 4 is 27.3 Å². The summed E-state index contributed by atoms with van der Waals surface area (Å²) in [6, 6.07) is 4.19. The summed E-state index contributed by atoms with van der Waals surface area (Å²) in [6.07, 6.45) is 0.764. The minimum atomic E-state index is -3.61. The summed E-state index contributed by atoms with van der Waals surface area (Å²) < 4.78 is 27.6. The molecule has 0 amide bonds. The second-order valence-electron chi connectivity index (χ2n) is 5.89. The number of anilines is 1. The highest BCUT2D eigenvalue weighted by molar-refractivity contribution is 7.89. The lowest BCUT2D eigenvalue weighted by Gasteiger charge is -2.24. The second-order valence-corrected chi connectivity index (χ2v) is 8.01. The molecule has 120 valence electrons. The Morgan fingerprint density at radius 3 is 2.43 bits per heavy atom. The van der Waals surface area contributed by atoms with Crippen molar-refractivity contribution in [1.82, 2.24) is 9.62 Å². The Bertz CT molecular complexity index is 564. The van der Waals surface area contributed by atoms with Crippen LogP contribution in [0.4, 0.5) is 5.69 Å². The third-order valence-electron chi connectivity index (χ3n) is 2.95. The van der Waals surface area contributed by atoms with Crippen molar-refractivity contribution in [3.63, 3.8) is 0 Å². The molecule has 1 atom stereocenters. The maximum atomic E-state index is 12.4. The summed E-state index contributed by atoms with van der Waals surface area (Å²) in [5.41, 5.74) is 5.97. The first-order chi connectivity index (χ1) is 9.61. The lowest BCUT2D eigenvalue weighted by molar-refractivity contribution is 0.329. The SMILES string of the molecule is CC(C)CC(CN(C)C)NS(=O)(=O)c1ccc(N)c(Cl)c1. The van der Waals surface area contributed by atoms with E-state index in [9.17, 15) is 8.42 Å². The van der Waals surface area contributed by atoms with E-state index in [-0.39, 0.29) is 16.0 Å². The van der Waals surface area contributed by atoms with E-state index in [1.807, 2.05) is 19.0 Å². The minimum absolute atomic E-state index is 0.134. The summed E-state index contributed by atoms with van der Waals surface area (Å²) >= 11 is 5.90. The van der Waals surface area contributed by atoms with Crippen LogP contribution in [-0.2, 0) is 10.0 Å². The fourth-order valence-corrected chi connectivity index (χ4v) is 3.64. The molecule has 0 aliphatic rings. The highest BCUT2D eigenvalue weighted by atomic mass is 35.5. The van der Waals surface area contributed by atoms with Crippen LogP contribution in [0.3, 0.4) is 0 Å². The first kappa shape index (κ1) is 18.2. The van der Waals surface area contributed by atoms with Gasteiger partial charge in [0.05, 0.1) is 15.6 Å². The topological polar surface area (TPSA) is 75.4 Å². The van der Waals surface area contributed by atoms with Gasteiger partial charge < -0.3 is 10.6 Å². The van der Waals surface area contributed by atoms with E-state index in [0.29, 0.717) is 18.2 Å².